The van der Waals surface area contributed by atoms with Gasteiger partial charge in [-0.25, -0.2) is 22.1 Å². The van der Waals surface area contributed by atoms with Crippen molar-refractivity contribution in [2.24, 2.45) is 0 Å². The summed E-state index contributed by atoms with van der Waals surface area (Å²) in [4.78, 5) is 16.6. The number of nitrogen functional groups attached to an aromatic ring is 1. The van der Waals surface area contributed by atoms with Gasteiger partial charge >= 0.3 is 0 Å². The Bertz CT molecular complexity index is 1450. The number of fused-ring (bicyclic) bond motifs is 1. The van der Waals surface area contributed by atoms with E-state index in [0.717, 1.165) is 18.2 Å². The van der Waals surface area contributed by atoms with E-state index in [1.165, 1.54) is 35.0 Å². The molecule has 1 amide bonds. The monoisotopic (exact) mass is 527 g/mol. The standard InChI is InChI=1S/C22H15Cl2F4N5O2/c23-11-1-4-15(25)13(8-11)19(34)22(27,28)9-30-20(35)17-14(24)3-2-12(18(17)26)10-5-6-33-16(7-10)31-21(29)32-33/h1-8,19,34H,9H2,(H2,29,32)(H,30,35)/t19-/m0/s1. The minimum absolute atomic E-state index is 0.000402. The van der Waals surface area contributed by atoms with Gasteiger partial charge in [0, 0.05) is 22.3 Å². The maximum absolute atomic E-state index is 15.3. The number of nitrogens with two attached hydrogens (primary N) is 1. The molecule has 182 valence electrons. The number of benzene rings is 2. The SMILES string of the molecule is Nc1nc2cc(-c3ccc(Cl)c(C(=O)NCC(F)(F)[C@@H](O)c4cc(Cl)ccc4F)c3F)ccn2n1. The molecule has 7 nitrogen and oxygen atoms in total. The van der Waals surface area contributed by atoms with Gasteiger partial charge in [-0.15, -0.1) is 5.10 Å². The van der Waals surface area contributed by atoms with E-state index in [1.807, 2.05) is 5.32 Å². The number of hydrogen-bond donors (Lipinski definition) is 3. The number of nitrogens with one attached hydrogen (secondary N) is 1. The van der Waals surface area contributed by atoms with Crippen LogP contribution in [0.25, 0.3) is 16.8 Å². The Kier molecular flexibility index (Phi) is 6.58. The maximum atomic E-state index is 15.3. The lowest BCUT2D eigenvalue weighted by Crippen LogP contribution is -2.41. The van der Waals surface area contributed by atoms with Crippen LogP contribution < -0.4 is 11.1 Å². The zero-order valence-corrected chi connectivity index (χ0v) is 19.0. The minimum Gasteiger partial charge on any atom is -0.382 e. The quantitative estimate of drug-likeness (QED) is 0.316. The van der Waals surface area contributed by atoms with Crippen molar-refractivity contribution >= 4 is 40.7 Å². The van der Waals surface area contributed by atoms with Crippen LogP contribution in [-0.2, 0) is 0 Å². The molecule has 0 spiro atoms. The third-order valence-electron chi connectivity index (χ3n) is 5.12. The Labute approximate surface area is 205 Å². The van der Waals surface area contributed by atoms with Gasteiger partial charge < -0.3 is 16.2 Å². The number of halogens is 6. The summed E-state index contributed by atoms with van der Waals surface area (Å²) in [6.45, 7) is -1.44. The second kappa shape index (κ2) is 9.33. The smallest absolute Gasteiger partial charge is 0.294 e. The van der Waals surface area contributed by atoms with E-state index in [1.54, 1.807) is 0 Å². The lowest BCUT2D eigenvalue weighted by atomic mass is 10.0. The van der Waals surface area contributed by atoms with Crippen LogP contribution in [0.3, 0.4) is 0 Å². The molecule has 35 heavy (non-hydrogen) atoms. The molecular weight excluding hydrogens is 513 g/mol. The molecule has 0 saturated heterocycles. The second-order valence-corrected chi connectivity index (χ2v) is 8.33. The highest BCUT2D eigenvalue weighted by molar-refractivity contribution is 6.34. The summed E-state index contributed by atoms with van der Waals surface area (Å²) in [6.07, 6.45) is -1.16. The van der Waals surface area contributed by atoms with Crippen molar-refractivity contribution in [2.45, 2.75) is 12.0 Å². The van der Waals surface area contributed by atoms with Crippen molar-refractivity contribution in [2.75, 3.05) is 12.3 Å². The summed E-state index contributed by atoms with van der Waals surface area (Å²) in [5, 5.41) is 15.4. The van der Waals surface area contributed by atoms with Gasteiger partial charge in [0.05, 0.1) is 17.1 Å². The van der Waals surface area contributed by atoms with Crippen molar-refractivity contribution in [3.8, 4) is 11.1 Å². The normalized spacial score (nSPS) is 12.7. The van der Waals surface area contributed by atoms with Gasteiger partial charge in [0.2, 0.25) is 5.95 Å². The average Bonchev–Trinajstić information content (AvgIpc) is 3.18. The lowest BCUT2D eigenvalue weighted by molar-refractivity contribution is -0.107. The van der Waals surface area contributed by atoms with E-state index in [0.29, 0.717) is 11.2 Å². The Hall–Kier alpha value is -3.41. The molecule has 2 aromatic heterocycles. The third-order valence-corrected chi connectivity index (χ3v) is 5.67. The number of nitrogens with zero attached hydrogens (tertiary/aromatic N) is 3. The van der Waals surface area contributed by atoms with Crippen molar-refractivity contribution in [3.63, 3.8) is 0 Å². The molecule has 0 unspecified atom stereocenters. The highest BCUT2D eigenvalue weighted by Crippen LogP contribution is 2.34. The number of anilines is 1. The fourth-order valence-electron chi connectivity index (χ4n) is 3.38. The van der Waals surface area contributed by atoms with Gasteiger partial charge in [0.15, 0.2) is 5.65 Å². The number of hydrogen-bond acceptors (Lipinski definition) is 5. The molecule has 0 fully saturated rings. The molecule has 2 aromatic carbocycles. The Balaban J connectivity index is 1.59. The molecule has 4 aromatic rings. The molecule has 2 heterocycles. The van der Waals surface area contributed by atoms with E-state index in [9.17, 15) is 23.1 Å². The fraction of sp³-hybridized carbons (Fsp3) is 0.136. The molecule has 1 atom stereocenters. The summed E-state index contributed by atoms with van der Waals surface area (Å²) >= 11 is 11.7. The van der Waals surface area contributed by atoms with E-state index < -0.39 is 47.2 Å². The summed E-state index contributed by atoms with van der Waals surface area (Å²) < 4.78 is 59.7. The first-order valence-electron chi connectivity index (χ1n) is 9.87. The largest absolute Gasteiger partial charge is 0.382 e. The van der Waals surface area contributed by atoms with Gasteiger partial charge in [0.1, 0.15) is 17.7 Å². The number of amides is 1. The van der Waals surface area contributed by atoms with Gasteiger partial charge in [-0.1, -0.05) is 23.2 Å². The van der Waals surface area contributed by atoms with E-state index in [-0.39, 0.29) is 21.6 Å². The van der Waals surface area contributed by atoms with Gasteiger partial charge in [0.25, 0.3) is 11.8 Å². The Morgan fingerprint density at radius 2 is 1.91 bits per heavy atom. The minimum atomic E-state index is -4.03. The fourth-order valence-corrected chi connectivity index (χ4v) is 3.80. The molecule has 4 N–H and O–H groups in total. The first-order valence-corrected chi connectivity index (χ1v) is 10.6. The molecular formula is C22H15Cl2F4N5O2. The van der Waals surface area contributed by atoms with Crippen LogP contribution in [-0.4, -0.2) is 38.1 Å². The number of alkyl halides is 2. The Morgan fingerprint density at radius 1 is 1.17 bits per heavy atom. The van der Waals surface area contributed by atoms with Crippen LogP contribution in [0.5, 0.6) is 0 Å². The molecule has 0 aliphatic carbocycles. The first-order chi connectivity index (χ1) is 16.5. The highest BCUT2D eigenvalue weighted by atomic mass is 35.5. The number of aliphatic hydroxyl groups is 1. The van der Waals surface area contributed by atoms with Crippen LogP contribution >= 0.6 is 23.2 Å². The molecule has 13 heteroatoms. The number of pyridine rings is 1. The molecule has 4 rings (SSSR count). The summed E-state index contributed by atoms with van der Waals surface area (Å²) in [7, 11) is 0. The maximum Gasteiger partial charge on any atom is 0.294 e. The van der Waals surface area contributed by atoms with Crippen LogP contribution in [0, 0.1) is 11.6 Å². The summed E-state index contributed by atoms with van der Waals surface area (Å²) in [6, 6.07) is 8.27. The van der Waals surface area contributed by atoms with Gasteiger partial charge in [-0.05, 0) is 48.0 Å². The molecule has 0 radical (unpaired) electrons. The number of rotatable bonds is 6. The highest BCUT2D eigenvalue weighted by Gasteiger charge is 2.41. The van der Waals surface area contributed by atoms with E-state index in [4.69, 9.17) is 28.9 Å². The second-order valence-electron chi connectivity index (χ2n) is 7.48. The van der Waals surface area contributed by atoms with Crippen LogP contribution in [0.15, 0.2) is 48.7 Å². The van der Waals surface area contributed by atoms with Gasteiger partial charge in [-0.2, -0.15) is 4.98 Å². The summed E-state index contributed by atoms with van der Waals surface area (Å²) in [5.74, 6) is -7.47. The topological polar surface area (TPSA) is 106 Å². The van der Waals surface area contributed by atoms with Crippen molar-refractivity contribution in [3.05, 3.63) is 81.5 Å². The average molecular weight is 528 g/mol. The lowest BCUT2D eigenvalue weighted by Gasteiger charge is -2.24. The molecule has 0 bridgehead atoms. The summed E-state index contributed by atoms with van der Waals surface area (Å²) in [5.41, 5.74) is 4.64. The third kappa shape index (κ3) is 4.88. The van der Waals surface area contributed by atoms with Crippen molar-refractivity contribution in [1.82, 2.24) is 19.9 Å². The number of aromatic nitrogens is 3. The number of carbonyl (C=O) groups is 1. The predicted octanol–water partition coefficient (Wildman–Crippen LogP) is 4.66. The van der Waals surface area contributed by atoms with E-state index in [2.05, 4.69) is 10.1 Å². The Morgan fingerprint density at radius 3 is 2.66 bits per heavy atom. The van der Waals surface area contributed by atoms with Gasteiger partial charge in [-0.3, -0.25) is 4.79 Å². The predicted molar refractivity (Wildman–Crippen MR) is 121 cm³/mol. The number of carbonyl (C=O) groups excluding carboxylic acids is 1. The molecule has 0 aliphatic rings. The van der Waals surface area contributed by atoms with Crippen LogP contribution in [0.4, 0.5) is 23.5 Å². The first kappa shape index (κ1) is 24.7. The zero-order chi connectivity index (χ0) is 25.5. The molecule has 0 aliphatic heterocycles. The molecule has 0 saturated carbocycles. The number of aliphatic hydroxyl groups excluding tert-OH is 1. The van der Waals surface area contributed by atoms with Crippen LogP contribution in [0.1, 0.15) is 22.0 Å². The zero-order valence-electron chi connectivity index (χ0n) is 17.4. The van der Waals surface area contributed by atoms with Crippen molar-refractivity contribution < 1.29 is 27.5 Å². The van der Waals surface area contributed by atoms with Crippen molar-refractivity contribution in [1.29, 1.82) is 0 Å². The van der Waals surface area contributed by atoms with E-state index >= 15 is 4.39 Å². The van der Waals surface area contributed by atoms with Crippen LogP contribution in [0.2, 0.25) is 10.0 Å².